The van der Waals surface area contributed by atoms with Crippen molar-refractivity contribution in [3.05, 3.63) is 27.7 Å². The van der Waals surface area contributed by atoms with E-state index in [-0.39, 0.29) is 24.3 Å². The van der Waals surface area contributed by atoms with E-state index in [4.69, 9.17) is 37.4 Å². The molecule has 0 spiro atoms. The fourth-order valence-electron chi connectivity index (χ4n) is 3.44. The van der Waals surface area contributed by atoms with Crippen LogP contribution in [0.2, 0.25) is 10.0 Å². The van der Waals surface area contributed by atoms with E-state index in [1.807, 2.05) is 0 Å². The summed E-state index contributed by atoms with van der Waals surface area (Å²) >= 11 is 12.8. The van der Waals surface area contributed by atoms with E-state index in [0.29, 0.717) is 22.8 Å². The van der Waals surface area contributed by atoms with Gasteiger partial charge in [-0.1, -0.05) is 23.2 Å². The molecule has 1 unspecified atom stereocenters. The molecule has 7 nitrogen and oxygen atoms in total. The molecule has 1 amide bonds. The molecule has 2 rings (SSSR count). The number of nitrogens with zero attached hydrogens (tertiary/aromatic N) is 1. The van der Waals surface area contributed by atoms with Gasteiger partial charge in [0.15, 0.2) is 6.79 Å². The molecule has 168 valence electrons. The van der Waals surface area contributed by atoms with E-state index < -0.39 is 29.1 Å². The van der Waals surface area contributed by atoms with Crippen LogP contribution >= 0.6 is 23.2 Å². The number of ether oxygens (including phenoxy) is 3. The van der Waals surface area contributed by atoms with Crippen LogP contribution < -0.4 is 4.74 Å². The number of halogens is 2. The molecule has 0 bridgehead atoms. The Morgan fingerprint density at radius 2 is 1.83 bits per heavy atom. The Balaban J connectivity index is 2.54. The molecule has 1 heterocycles. The van der Waals surface area contributed by atoms with Gasteiger partial charge in [-0.15, -0.1) is 0 Å². The third-order valence-corrected chi connectivity index (χ3v) is 6.08. The number of carbonyl (C=O) groups is 2. The topological polar surface area (TPSA) is 85.3 Å². The number of carboxylic acid groups (broad SMARTS) is 1. The Hall–Kier alpha value is -1.70. The predicted octanol–water partition coefficient (Wildman–Crippen LogP) is 5.39. The first-order valence-corrected chi connectivity index (χ1v) is 10.4. The Morgan fingerprint density at radius 3 is 2.37 bits per heavy atom. The highest BCUT2D eigenvalue weighted by Gasteiger charge is 2.48. The number of hydrogen-bond donors (Lipinski definition) is 1. The standard InChI is InChI=1S/C21H29Cl2NO6/c1-20(2,3)30-19(27)24-10-12(21(4,5)18(25)26)9-14(24)16-15(29-11-28-6)8-7-13(22)17(16)23/h7-8,12,14H,9-11H2,1-6H3,(H,25,26)/t12?,14-/m1/s1. The average Bonchev–Trinajstić information content (AvgIpc) is 3.07. The molecule has 0 saturated carbocycles. The lowest BCUT2D eigenvalue weighted by molar-refractivity contribution is -0.149. The fourth-order valence-corrected chi connectivity index (χ4v) is 3.88. The minimum atomic E-state index is -1.06. The molecule has 1 aliphatic heterocycles. The van der Waals surface area contributed by atoms with Gasteiger partial charge in [-0.05, 0) is 59.1 Å². The van der Waals surface area contributed by atoms with Crippen molar-refractivity contribution in [2.45, 2.75) is 52.7 Å². The molecule has 30 heavy (non-hydrogen) atoms. The second kappa shape index (κ2) is 9.20. The molecule has 0 aromatic heterocycles. The van der Waals surface area contributed by atoms with Crippen LogP contribution in [0.5, 0.6) is 5.75 Å². The lowest BCUT2D eigenvalue weighted by Gasteiger charge is -2.30. The van der Waals surface area contributed by atoms with Crippen molar-refractivity contribution in [1.82, 2.24) is 4.90 Å². The van der Waals surface area contributed by atoms with Crippen LogP contribution in [0.25, 0.3) is 0 Å². The first kappa shape index (κ1) is 24.6. The zero-order valence-electron chi connectivity index (χ0n) is 18.1. The Kier molecular flexibility index (Phi) is 7.54. The van der Waals surface area contributed by atoms with Gasteiger partial charge in [-0.2, -0.15) is 0 Å². The minimum Gasteiger partial charge on any atom is -0.481 e. The molecular weight excluding hydrogens is 433 g/mol. The summed E-state index contributed by atoms with van der Waals surface area (Å²) in [7, 11) is 1.49. The maximum Gasteiger partial charge on any atom is 0.410 e. The maximum atomic E-state index is 13.0. The fraction of sp³-hybridized carbons (Fsp3) is 0.619. The Bertz CT molecular complexity index is 805. The van der Waals surface area contributed by atoms with Crippen LogP contribution in [0, 0.1) is 11.3 Å². The summed E-state index contributed by atoms with van der Waals surface area (Å²) < 4.78 is 16.3. The molecule has 9 heteroatoms. The van der Waals surface area contributed by atoms with Crippen molar-refractivity contribution in [3.63, 3.8) is 0 Å². The quantitative estimate of drug-likeness (QED) is 0.571. The highest BCUT2D eigenvalue weighted by atomic mass is 35.5. The smallest absolute Gasteiger partial charge is 0.410 e. The number of aliphatic carboxylic acids is 1. The highest BCUT2D eigenvalue weighted by molar-refractivity contribution is 6.42. The molecule has 0 aliphatic carbocycles. The molecule has 1 fully saturated rings. The molecule has 1 aromatic carbocycles. The molecular formula is C21H29Cl2NO6. The number of methoxy groups -OCH3 is 1. The summed E-state index contributed by atoms with van der Waals surface area (Å²) in [5, 5.41) is 10.3. The second-order valence-corrected chi connectivity index (χ2v) is 9.72. The zero-order chi connectivity index (χ0) is 22.9. The molecule has 1 aliphatic rings. The third-order valence-electron chi connectivity index (χ3n) is 5.26. The van der Waals surface area contributed by atoms with Gasteiger partial charge in [0.25, 0.3) is 0 Å². The van der Waals surface area contributed by atoms with Gasteiger partial charge in [0.1, 0.15) is 11.4 Å². The maximum absolute atomic E-state index is 13.0. The van der Waals surface area contributed by atoms with Gasteiger partial charge < -0.3 is 24.2 Å². The van der Waals surface area contributed by atoms with Gasteiger partial charge in [0.05, 0.1) is 21.5 Å². The highest BCUT2D eigenvalue weighted by Crippen LogP contribution is 2.49. The van der Waals surface area contributed by atoms with E-state index in [0.717, 1.165) is 0 Å². The number of carboxylic acids is 1. The van der Waals surface area contributed by atoms with Crippen molar-refractivity contribution in [3.8, 4) is 5.75 Å². The Morgan fingerprint density at radius 1 is 1.20 bits per heavy atom. The summed E-state index contributed by atoms with van der Waals surface area (Å²) in [6.07, 6.45) is -0.188. The van der Waals surface area contributed by atoms with Crippen LogP contribution in [0.3, 0.4) is 0 Å². The minimum absolute atomic E-state index is 0.0197. The molecule has 1 aromatic rings. The molecule has 0 radical (unpaired) electrons. The summed E-state index contributed by atoms with van der Waals surface area (Å²) in [4.78, 5) is 26.4. The van der Waals surface area contributed by atoms with Crippen molar-refractivity contribution >= 4 is 35.3 Å². The summed E-state index contributed by atoms with van der Waals surface area (Å²) in [6, 6.07) is 2.69. The monoisotopic (exact) mass is 461 g/mol. The lowest BCUT2D eigenvalue weighted by Crippen LogP contribution is -2.39. The van der Waals surface area contributed by atoms with Crippen molar-refractivity contribution in [1.29, 1.82) is 0 Å². The third kappa shape index (κ3) is 5.31. The van der Waals surface area contributed by atoms with Crippen molar-refractivity contribution < 1.29 is 28.9 Å². The average molecular weight is 462 g/mol. The van der Waals surface area contributed by atoms with Gasteiger partial charge in [-0.25, -0.2) is 4.79 Å². The first-order chi connectivity index (χ1) is 13.8. The number of rotatable bonds is 6. The van der Waals surface area contributed by atoms with E-state index >= 15 is 0 Å². The van der Waals surface area contributed by atoms with E-state index in [1.165, 1.54) is 12.0 Å². The number of benzene rings is 1. The van der Waals surface area contributed by atoms with Crippen LogP contribution in [-0.2, 0) is 14.3 Å². The predicted molar refractivity (Wildman–Crippen MR) is 114 cm³/mol. The lowest BCUT2D eigenvalue weighted by atomic mass is 9.77. The first-order valence-electron chi connectivity index (χ1n) is 9.62. The van der Waals surface area contributed by atoms with Crippen LogP contribution in [-0.4, -0.2) is 48.1 Å². The van der Waals surface area contributed by atoms with Crippen LogP contribution in [0.15, 0.2) is 12.1 Å². The van der Waals surface area contributed by atoms with Gasteiger partial charge in [-0.3, -0.25) is 4.79 Å². The van der Waals surface area contributed by atoms with E-state index in [1.54, 1.807) is 46.8 Å². The van der Waals surface area contributed by atoms with Gasteiger partial charge in [0, 0.05) is 19.2 Å². The van der Waals surface area contributed by atoms with Crippen LogP contribution in [0.4, 0.5) is 4.79 Å². The van der Waals surface area contributed by atoms with Gasteiger partial charge in [0.2, 0.25) is 0 Å². The summed E-state index contributed by atoms with van der Waals surface area (Å²) in [5.41, 5.74) is -1.26. The van der Waals surface area contributed by atoms with Gasteiger partial charge >= 0.3 is 12.1 Å². The number of amides is 1. The van der Waals surface area contributed by atoms with E-state index in [9.17, 15) is 14.7 Å². The summed E-state index contributed by atoms with van der Waals surface area (Å²) in [6.45, 7) is 8.80. The van der Waals surface area contributed by atoms with E-state index in [2.05, 4.69) is 0 Å². The van der Waals surface area contributed by atoms with Crippen molar-refractivity contribution in [2.75, 3.05) is 20.4 Å². The Labute approximate surface area is 187 Å². The SMILES string of the molecule is COCOc1ccc(Cl)c(Cl)c1[C@H]1CC(C(C)(C)C(=O)O)CN1C(=O)OC(C)(C)C. The molecule has 1 saturated heterocycles. The summed E-state index contributed by atoms with van der Waals surface area (Å²) in [5.74, 6) is -0.859. The largest absolute Gasteiger partial charge is 0.481 e. The second-order valence-electron chi connectivity index (χ2n) is 8.93. The molecule has 2 atom stereocenters. The molecule has 1 N–H and O–H groups in total. The number of hydrogen-bond acceptors (Lipinski definition) is 5. The number of carbonyl (C=O) groups excluding carboxylic acids is 1. The zero-order valence-corrected chi connectivity index (χ0v) is 19.6. The normalized spacial score (nSPS) is 19.7. The van der Waals surface area contributed by atoms with Crippen LogP contribution in [0.1, 0.15) is 52.6 Å². The number of likely N-dealkylation sites (tertiary alicyclic amines) is 1. The van der Waals surface area contributed by atoms with Crippen molar-refractivity contribution in [2.24, 2.45) is 11.3 Å².